The number of pyridine rings is 1. The minimum absolute atomic E-state index is 0.116. The second-order valence-corrected chi connectivity index (χ2v) is 5.81. The first-order chi connectivity index (χ1) is 11.0. The molecule has 1 N–H and O–H groups in total. The maximum atomic E-state index is 15.1. The molecule has 2 aromatic rings. The first kappa shape index (κ1) is 15.5. The van der Waals surface area contributed by atoms with Crippen molar-refractivity contribution in [2.24, 2.45) is 0 Å². The lowest BCUT2D eigenvalue weighted by atomic mass is 10.1. The summed E-state index contributed by atoms with van der Waals surface area (Å²) < 4.78 is 16.6. The average molecular weight is 318 g/mol. The van der Waals surface area contributed by atoms with E-state index in [-0.39, 0.29) is 16.5 Å². The Kier molecular flexibility index (Phi) is 4.07. The molecule has 0 amide bonds. The number of carboxylic acid groups (broad SMARTS) is 1. The van der Waals surface area contributed by atoms with E-state index in [0.29, 0.717) is 12.2 Å². The monoisotopic (exact) mass is 318 g/mol. The number of aryl methyl sites for hydroxylation is 1. The van der Waals surface area contributed by atoms with Crippen LogP contribution < -0.4 is 10.3 Å². The summed E-state index contributed by atoms with van der Waals surface area (Å²) in [6.07, 6.45) is 4.43. The Morgan fingerprint density at radius 1 is 1.26 bits per heavy atom. The number of fused-ring (bicyclic) bond motifs is 1. The second kappa shape index (κ2) is 6.02. The van der Waals surface area contributed by atoms with Crippen molar-refractivity contribution >= 4 is 22.6 Å². The van der Waals surface area contributed by atoms with Crippen LogP contribution in [0, 0.1) is 5.82 Å². The molecule has 122 valence electrons. The van der Waals surface area contributed by atoms with Gasteiger partial charge in [0.2, 0.25) is 5.43 Å². The summed E-state index contributed by atoms with van der Waals surface area (Å²) in [6.45, 7) is 3.78. The predicted molar refractivity (Wildman–Crippen MR) is 86.9 cm³/mol. The van der Waals surface area contributed by atoms with E-state index in [1.54, 1.807) is 19.1 Å². The second-order valence-electron chi connectivity index (χ2n) is 5.81. The number of aromatic carboxylic acids is 1. The molecule has 0 spiro atoms. The highest BCUT2D eigenvalue weighted by atomic mass is 19.1. The summed E-state index contributed by atoms with van der Waals surface area (Å²) in [6, 6.07) is 3.14. The van der Waals surface area contributed by atoms with Gasteiger partial charge in [-0.2, -0.15) is 0 Å². The number of halogens is 1. The number of anilines is 1. The van der Waals surface area contributed by atoms with Crippen molar-refractivity contribution in [2.75, 3.05) is 18.0 Å². The zero-order valence-corrected chi connectivity index (χ0v) is 13.0. The average Bonchev–Trinajstić information content (AvgIpc) is 2.56. The smallest absolute Gasteiger partial charge is 0.341 e. The lowest BCUT2D eigenvalue weighted by molar-refractivity contribution is 0.0695. The number of benzene rings is 1. The van der Waals surface area contributed by atoms with Gasteiger partial charge in [0.05, 0.1) is 11.2 Å². The molecule has 0 aliphatic carbocycles. The third-order valence-corrected chi connectivity index (χ3v) is 4.43. The lowest BCUT2D eigenvalue weighted by Gasteiger charge is -2.29. The van der Waals surface area contributed by atoms with E-state index in [4.69, 9.17) is 5.11 Å². The molecule has 0 unspecified atom stereocenters. The Hall–Kier alpha value is -2.37. The number of aromatic nitrogens is 1. The van der Waals surface area contributed by atoms with E-state index < -0.39 is 17.2 Å². The maximum Gasteiger partial charge on any atom is 0.341 e. The number of carbonyl (C=O) groups is 1. The van der Waals surface area contributed by atoms with Gasteiger partial charge in [0.15, 0.2) is 5.82 Å². The van der Waals surface area contributed by atoms with Crippen LogP contribution in [0.4, 0.5) is 10.1 Å². The summed E-state index contributed by atoms with van der Waals surface area (Å²) >= 11 is 0. The van der Waals surface area contributed by atoms with Gasteiger partial charge in [0.25, 0.3) is 0 Å². The van der Waals surface area contributed by atoms with E-state index in [1.807, 2.05) is 4.90 Å². The van der Waals surface area contributed by atoms with Crippen LogP contribution in [0.5, 0.6) is 0 Å². The molecule has 3 rings (SSSR count). The number of carboxylic acids is 1. The summed E-state index contributed by atoms with van der Waals surface area (Å²) in [5, 5.41) is 9.27. The van der Waals surface area contributed by atoms with Gasteiger partial charge in [-0.15, -0.1) is 0 Å². The van der Waals surface area contributed by atoms with Gasteiger partial charge < -0.3 is 14.6 Å². The fourth-order valence-corrected chi connectivity index (χ4v) is 3.22. The Morgan fingerprint density at radius 2 is 1.96 bits per heavy atom. The topological polar surface area (TPSA) is 62.5 Å². The summed E-state index contributed by atoms with van der Waals surface area (Å²) in [5.41, 5.74) is -0.293. The normalized spacial score (nSPS) is 15.1. The maximum absolute atomic E-state index is 15.1. The van der Waals surface area contributed by atoms with Crippen LogP contribution in [-0.2, 0) is 6.54 Å². The Balaban J connectivity index is 2.26. The molecule has 2 heterocycles. The molecule has 1 aliphatic heterocycles. The molecule has 1 fully saturated rings. The molecule has 0 saturated carbocycles. The van der Waals surface area contributed by atoms with Crippen LogP contribution in [-0.4, -0.2) is 28.7 Å². The zero-order valence-electron chi connectivity index (χ0n) is 13.0. The highest BCUT2D eigenvalue weighted by Gasteiger charge is 2.21. The number of hydrogen-bond acceptors (Lipinski definition) is 3. The largest absolute Gasteiger partial charge is 0.477 e. The molecule has 5 nitrogen and oxygen atoms in total. The van der Waals surface area contributed by atoms with Crippen molar-refractivity contribution in [1.82, 2.24) is 4.57 Å². The first-order valence-corrected chi connectivity index (χ1v) is 7.88. The predicted octanol–water partition coefficient (Wildman–Crippen LogP) is 2.85. The number of rotatable bonds is 3. The van der Waals surface area contributed by atoms with Crippen LogP contribution in [0.3, 0.4) is 0 Å². The molecular formula is C17H19FN2O3. The molecule has 0 bridgehead atoms. The van der Waals surface area contributed by atoms with Crippen molar-refractivity contribution in [2.45, 2.75) is 32.7 Å². The van der Waals surface area contributed by atoms with Crippen molar-refractivity contribution in [3.05, 3.63) is 39.9 Å². The Morgan fingerprint density at radius 3 is 2.57 bits per heavy atom. The SMILES string of the molecule is CCn1cc(C(=O)O)c(=O)c2ccc(N3CCCCC3)c(F)c21. The van der Waals surface area contributed by atoms with Gasteiger partial charge in [-0.05, 0) is 38.3 Å². The number of hydrogen-bond donors (Lipinski definition) is 1. The lowest BCUT2D eigenvalue weighted by Crippen LogP contribution is -2.30. The Labute approximate surface area is 132 Å². The fraction of sp³-hybridized carbons (Fsp3) is 0.412. The van der Waals surface area contributed by atoms with E-state index in [0.717, 1.165) is 32.4 Å². The molecule has 23 heavy (non-hydrogen) atoms. The van der Waals surface area contributed by atoms with Crippen molar-refractivity contribution in [3.63, 3.8) is 0 Å². The third kappa shape index (κ3) is 2.58. The van der Waals surface area contributed by atoms with Gasteiger partial charge in [-0.25, -0.2) is 9.18 Å². The van der Waals surface area contributed by atoms with Crippen LogP contribution in [0.1, 0.15) is 36.5 Å². The summed E-state index contributed by atoms with van der Waals surface area (Å²) in [4.78, 5) is 25.5. The van der Waals surface area contributed by atoms with Crippen LogP contribution in [0.2, 0.25) is 0 Å². The van der Waals surface area contributed by atoms with Crippen LogP contribution in [0.15, 0.2) is 23.1 Å². The van der Waals surface area contributed by atoms with Gasteiger partial charge in [0, 0.05) is 31.2 Å². The number of piperidine rings is 1. The summed E-state index contributed by atoms with van der Waals surface area (Å²) in [5.74, 6) is -1.74. The molecule has 1 aliphatic rings. The first-order valence-electron chi connectivity index (χ1n) is 7.88. The number of nitrogens with zero attached hydrogens (tertiary/aromatic N) is 2. The van der Waals surface area contributed by atoms with E-state index in [9.17, 15) is 9.59 Å². The van der Waals surface area contributed by atoms with Gasteiger partial charge >= 0.3 is 5.97 Å². The quantitative estimate of drug-likeness (QED) is 0.945. The Bertz CT molecular complexity index is 823. The standard InChI is InChI=1S/C17H19FN2O3/c1-2-19-10-12(17(22)23)16(21)11-6-7-13(14(18)15(11)19)20-8-4-3-5-9-20/h6-7,10H,2-5,8-9H2,1H3,(H,22,23). The van der Waals surface area contributed by atoms with Crippen LogP contribution in [0.25, 0.3) is 10.9 Å². The van der Waals surface area contributed by atoms with Crippen LogP contribution >= 0.6 is 0 Å². The minimum atomic E-state index is -1.29. The van der Waals surface area contributed by atoms with Crippen molar-refractivity contribution in [1.29, 1.82) is 0 Å². The van der Waals surface area contributed by atoms with Crippen molar-refractivity contribution < 1.29 is 14.3 Å². The molecule has 1 saturated heterocycles. The van der Waals surface area contributed by atoms with E-state index in [2.05, 4.69) is 0 Å². The molecule has 1 aromatic heterocycles. The molecular weight excluding hydrogens is 299 g/mol. The van der Waals surface area contributed by atoms with E-state index in [1.165, 1.54) is 10.8 Å². The third-order valence-electron chi connectivity index (χ3n) is 4.43. The van der Waals surface area contributed by atoms with Gasteiger partial charge in [-0.1, -0.05) is 0 Å². The van der Waals surface area contributed by atoms with Gasteiger partial charge in [-0.3, -0.25) is 4.79 Å². The van der Waals surface area contributed by atoms with Crippen molar-refractivity contribution in [3.8, 4) is 0 Å². The molecule has 6 heteroatoms. The minimum Gasteiger partial charge on any atom is -0.477 e. The molecule has 1 aromatic carbocycles. The highest BCUT2D eigenvalue weighted by molar-refractivity contribution is 5.93. The highest BCUT2D eigenvalue weighted by Crippen LogP contribution is 2.28. The van der Waals surface area contributed by atoms with E-state index >= 15 is 4.39 Å². The fourth-order valence-electron chi connectivity index (χ4n) is 3.22. The molecule has 0 radical (unpaired) electrons. The zero-order chi connectivity index (χ0) is 16.6. The van der Waals surface area contributed by atoms with Gasteiger partial charge in [0.1, 0.15) is 5.56 Å². The molecule has 0 atom stereocenters. The summed E-state index contributed by atoms with van der Waals surface area (Å²) in [7, 11) is 0.